The first-order chi connectivity index (χ1) is 12.5. The van der Waals surface area contributed by atoms with E-state index in [-0.39, 0.29) is 11.4 Å². The lowest BCUT2D eigenvalue weighted by Gasteiger charge is -2.06. The molecule has 3 heterocycles. The molecule has 0 spiro atoms. The first-order valence-corrected chi connectivity index (χ1v) is 8.12. The lowest BCUT2D eigenvalue weighted by molar-refractivity contribution is 0.630. The lowest BCUT2D eigenvalue weighted by atomic mass is 10.1. The van der Waals surface area contributed by atoms with Crippen molar-refractivity contribution < 1.29 is 4.39 Å². The number of nitrogens with zero attached hydrogens (tertiary/aromatic N) is 5. The molecule has 0 amide bonds. The van der Waals surface area contributed by atoms with Gasteiger partial charge in [-0.2, -0.15) is 0 Å². The number of hydrogen-bond donors (Lipinski definition) is 2. The number of H-pyrrole nitrogens is 1. The summed E-state index contributed by atoms with van der Waals surface area (Å²) >= 11 is 6.28. The molecule has 0 fully saturated rings. The van der Waals surface area contributed by atoms with Crippen molar-refractivity contribution in [3.8, 4) is 11.4 Å². The lowest BCUT2D eigenvalue weighted by Crippen LogP contribution is -1.99. The molecular weight excluding hydrogens is 357 g/mol. The predicted octanol–water partition coefficient (Wildman–Crippen LogP) is 3.96. The van der Waals surface area contributed by atoms with E-state index in [1.165, 1.54) is 18.7 Å². The zero-order valence-corrected chi connectivity index (χ0v) is 14.6. The maximum atomic E-state index is 14.3. The monoisotopic (exact) mass is 369 g/mol. The number of hydrogen-bond acceptors (Lipinski definition) is 6. The van der Waals surface area contributed by atoms with Gasteiger partial charge in [0.1, 0.15) is 35.6 Å². The first-order valence-electron chi connectivity index (χ1n) is 7.74. The fraction of sp³-hybridized carbons (Fsp3) is 0.118. The van der Waals surface area contributed by atoms with Crippen molar-refractivity contribution in [2.75, 3.05) is 5.32 Å². The van der Waals surface area contributed by atoms with Gasteiger partial charge in [-0.3, -0.25) is 0 Å². The van der Waals surface area contributed by atoms with Crippen LogP contribution in [-0.2, 0) is 0 Å². The third kappa shape index (κ3) is 2.84. The van der Waals surface area contributed by atoms with E-state index in [2.05, 4.69) is 35.2 Å². The molecule has 2 N–H and O–H groups in total. The first kappa shape index (κ1) is 16.3. The molecule has 130 valence electrons. The van der Waals surface area contributed by atoms with Crippen molar-refractivity contribution >= 4 is 34.4 Å². The fourth-order valence-electron chi connectivity index (χ4n) is 2.56. The third-order valence-corrected chi connectivity index (χ3v) is 4.35. The second-order valence-electron chi connectivity index (χ2n) is 5.73. The van der Waals surface area contributed by atoms with E-state index in [1.54, 1.807) is 19.1 Å². The Morgan fingerprint density at radius 2 is 1.88 bits per heavy atom. The summed E-state index contributed by atoms with van der Waals surface area (Å²) in [5, 5.41) is 3.40. The number of fused-ring (bicyclic) bond motifs is 1. The molecule has 7 nitrogen and oxygen atoms in total. The van der Waals surface area contributed by atoms with Crippen LogP contribution in [0.15, 0.2) is 30.9 Å². The quantitative estimate of drug-likeness (QED) is 0.567. The smallest absolute Gasteiger partial charge is 0.183 e. The number of aromatic amines is 1. The standard InChI is InChI=1S/C17H13ClFN7/c1-8-3-4-10(19)12(13(8)18)15-25-14-16(22-7-23-17(14)26-15)24-11-5-9(2)20-6-21-11/h3-7H,1-2H3,(H2,20,21,22,23,24,25,26). The molecule has 1 aromatic carbocycles. The molecule has 0 unspecified atom stereocenters. The maximum Gasteiger partial charge on any atom is 0.183 e. The second kappa shape index (κ2) is 6.30. The molecular formula is C17H13ClFN7. The summed E-state index contributed by atoms with van der Waals surface area (Å²) < 4.78 is 14.3. The number of nitrogens with one attached hydrogen (secondary N) is 2. The number of halogens is 2. The van der Waals surface area contributed by atoms with Gasteiger partial charge in [-0.15, -0.1) is 0 Å². The highest BCUT2D eigenvalue weighted by atomic mass is 35.5. The van der Waals surface area contributed by atoms with Crippen molar-refractivity contribution in [3.63, 3.8) is 0 Å². The highest BCUT2D eigenvalue weighted by Gasteiger charge is 2.18. The predicted molar refractivity (Wildman–Crippen MR) is 96.9 cm³/mol. The minimum Gasteiger partial charge on any atom is -0.333 e. The minimum absolute atomic E-state index is 0.202. The van der Waals surface area contributed by atoms with E-state index in [1.807, 2.05) is 6.92 Å². The van der Waals surface area contributed by atoms with Gasteiger partial charge in [0.2, 0.25) is 0 Å². The normalized spacial score (nSPS) is 11.1. The number of aromatic nitrogens is 6. The molecule has 0 atom stereocenters. The van der Waals surface area contributed by atoms with Crippen molar-refractivity contribution in [2.45, 2.75) is 13.8 Å². The number of benzene rings is 1. The maximum absolute atomic E-state index is 14.3. The average Bonchev–Trinajstić information content (AvgIpc) is 3.03. The fourth-order valence-corrected chi connectivity index (χ4v) is 2.80. The molecule has 0 aliphatic carbocycles. The Bertz CT molecular complexity index is 1130. The van der Waals surface area contributed by atoms with Crippen LogP contribution in [0, 0.1) is 19.7 Å². The largest absolute Gasteiger partial charge is 0.333 e. The molecule has 9 heteroatoms. The van der Waals surface area contributed by atoms with Crippen LogP contribution in [0.1, 0.15) is 11.3 Å². The topological polar surface area (TPSA) is 92.3 Å². The van der Waals surface area contributed by atoms with Crippen LogP contribution in [-0.4, -0.2) is 29.9 Å². The van der Waals surface area contributed by atoms with Crippen molar-refractivity contribution in [3.05, 3.63) is 53.0 Å². The summed E-state index contributed by atoms with van der Waals surface area (Å²) in [5.74, 6) is 0.867. The molecule has 0 radical (unpaired) electrons. The van der Waals surface area contributed by atoms with E-state index in [4.69, 9.17) is 11.6 Å². The number of imidazole rings is 1. The Kier molecular flexibility index (Phi) is 3.96. The Hall–Kier alpha value is -3.13. The SMILES string of the molecule is Cc1cc(Nc2ncnc3nc(-c4c(F)ccc(C)c4Cl)[nH]c23)ncn1. The van der Waals surface area contributed by atoms with E-state index in [9.17, 15) is 4.39 Å². The zero-order valence-electron chi connectivity index (χ0n) is 13.9. The van der Waals surface area contributed by atoms with Gasteiger partial charge in [-0.1, -0.05) is 17.7 Å². The van der Waals surface area contributed by atoms with Gasteiger partial charge < -0.3 is 10.3 Å². The molecule has 26 heavy (non-hydrogen) atoms. The van der Waals surface area contributed by atoms with E-state index < -0.39 is 5.82 Å². The Labute approximate surface area is 152 Å². The molecule has 0 aliphatic rings. The summed E-state index contributed by atoms with van der Waals surface area (Å²) in [6.07, 6.45) is 2.83. The van der Waals surface area contributed by atoms with Crippen LogP contribution >= 0.6 is 11.6 Å². The Morgan fingerprint density at radius 3 is 2.69 bits per heavy atom. The summed E-state index contributed by atoms with van der Waals surface area (Å²) in [7, 11) is 0. The molecule has 4 rings (SSSR count). The third-order valence-electron chi connectivity index (χ3n) is 3.86. The zero-order chi connectivity index (χ0) is 18.3. The Morgan fingerprint density at radius 1 is 1.08 bits per heavy atom. The van der Waals surface area contributed by atoms with Crippen molar-refractivity contribution in [1.82, 2.24) is 29.9 Å². The summed E-state index contributed by atoms with van der Waals surface area (Å²) in [4.78, 5) is 24.0. The van der Waals surface area contributed by atoms with Gasteiger partial charge in [0.05, 0.1) is 10.6 Å². The van der Waals surface area contributed by atoms with Crippen LogP contribution in [0.2, 0.25) is 5.02 Å². The van der Waals surface area contributed by atoms with Gasteiger partial charge in [0.15, 0.2) is 11.5 Å². The van der Waals surface area contributed by atoms with Crippen LogP contribution in [0.4, 0.5) is 16.0 Å². The summed E-state index contributed by atoms with van der Waals surface area (Å²) in [6.45, 7) is 3.66. The summed E-state index contributed by atoms with van der Waals surface area (Å²) in [6, 6.07) is 4.76. The molecule has 0 saturated carbocycles. The molecule has 4 aromatic rings. The number of aryl methyl sites for hydroxylation is 2. The van der Waals surface area contributed by atoms with Crippen LogP contribution in [0.25, 0.3) is 22.6 Å². The Balaban J connectivity index is 1.83. The number of anilines is 2. The molecule has 0 bridgehead atoms. The van der Waals surface area contributed by atoms with Crippen LogP contribution < -0.4 is 5.32 Å². The van der Waals surface area contributed by atoms with Crippen molar-refractivity contribution in [2.24, 2.45) is 0 Å². The van der Waals surface area contributed by atoms with Gasteiger partial charge in [-0.05, 0) is 25.5 Å². The molecule has 0 aliphatic heterocycles. The van der Waals surface area contributed by atoms with Crippen molar-refractivity contribution in [1.29, 1.82) is 0 Å². The highest BCUT2D eigenvalue weighted by Crippen LogP contribution is 2.33. The number of rotatable bonds is 3. The van der Waals surface area contributed by atoms with Gasteiger partial charge in [0, 0.05) is 11.8 Å². The molecule has 0 saturated heterocycles. The summed E-state index contributed by atoms with van der Waals surface area (Å²) in [5.41, 5.74) is 2.68. The van der Waals surface area contributed by atoms with Crippen LogP contribution in [0.3, 0.4) is 0 Å². The van der Waals surface area contributed by atoms with E-state index >= 15 is 0 Å². The average molecular weight is 370 g/mol. The second-order valence-corrected chi connectivity index (χ2v) is 6.11. The van der Waals surface area contributed by atoms with E-state index in [0.717, 1.165) is 11.3 Å². The van der Waals surface area contributed by atoms with Gasteiger partial charge in [-0.25, -0.2) is 29.3 Å². The van der Waals surface area contributed by atoms with E-state index in [0.29, 0.717) is 27.8 Å². The van der Waals surface area contributed by atoms with Crippen LogP contribution in [0.5, 0.6) is 0 Å². The minimum atomic E-state index is -0.464. The molecule has 3 aromatic heterocycles. The highest BCUT2D eigenvalue weighted by molar-refractivity contribution is 6.34. The van der Waals surface area contributed by atoms with Gasteiger partial charge >= 0.3 is 0 Å². The van der Waals surface area contributed by atoms with Gasteiger partial charge in [0.25, 0.3) is 0 Å².